The number of benzene rings is 1. The van der Waals surface area contributed by atoms with Crippen LogP contribution in [0.25, 0.3) is 0 Å². The van der Waals surface area contributed by atoms with Gasteiger partial charge in [-0.05, 0) is 37.5 Å². The Bertz CT molecular complexity index is 390. The minimum absolute atomic E-state index is 0.0738. The summed E-state index contributed by atoms with van der Waals surface area (Å²) in [6.45, 7) is 3.80. The zero-order valence-corrected chi connectivity index (χ0v) is 14.4. The molecule has 1 aromatic carbocycles. The van der Waals surface area contributed by atoms with Crippen LogP contribution in [0.3, 0.4) is 0 Å². The highest BCUT2D eigenvalue weighted by Crippen LogP contribution is 2.11. The predicted molar refractivity (Wildman–Crippen MR) is 88.1 cm³/mol. The Hall–Kier alpha value is -0.870. The molecule has 1 rings (SSSR count). The molecule has 0 aliphatic carbocycles. The lowest BCUT2D eigenvalue weighted by Crippen LogP contribution is -2.03. The monoisotopic (exact) mass is 356 g/mol. The van der Waals surface area contributed by atoms with Gasteiger partial charge in [-0.2, -0.15) is 0 Å². The van der Waals surface area contributed by atoms with Crippen molar-refractivity contribution in [3.8, 4) is 0 Å². The molecule has 0 N–H and O–H groups in total. The van der Waals surface area contributed by atoms with Gasteiger partial charge in [-0.3, -0.25) is 4.79 Å². The average molecular weight is 357 g/mol. The zero-order chi connectivity index (χ0) is 15.3. The largest absolute Gasteiger partial charge is 0.466 e. The summed E-state index contributed by atoms with van der Waals surface area (Å²) < 4.78 is 11.6. The van der Waals surface area contributed by atoms with E-state index in [-0.39, 0.29) is 5.97 Å². The minimum Gasteiger partial charge on any atom is -0.466 e. The second kappa shape index (κ2) is 11.8. The van der Waals surface area contributed by atoms with E-state index in [0.717, 1.165) is 43.2 Å². The van der Waals surface area contributed by atoms with Gasteiger partial charge in [-0.15, -0.1) is 0 Å². The van der Waals surface area contributed by atoms with Gasteiger partial charge in [-0.25, -0.2) is 0 Å². The first-order valence-electron chi connectivity index (χ1n) is 7.70. The van der Waals surface area contributed by atoms with E-state index in [1.165, 1.54) is 5.56 Å². The van der Waals surface area contributed by atoms with Gasteiger partial charge in [0.25, 0.3) is 0 Å². The van der Waals surface area contributed by atoms with Crippen LogP contribution < -0.4 is 0 Å². The summed E-state index contributed by atoms with van der Waals surface area (Å²) in [5.74, 6) is -0.0738. The molecular weight excluding hydrogens is 332 g/mol. The molecule has 0 aromatic heterocycles. The second-order valence-electron chi connectivity index (χ2n) is 5.00. The lowest BCUT2D eigenvalue weighted by Gasteiger charge is -2.05. The number of unbranched alkanes of at least 4 members (excludes halogenated alkanes) is 4. The van der Waals surface area contributed by atoms with Crippen LogP contribution in [-0.2, 0) is 20.9 Å². The molecule has 1 aromatic rings. The lowest BCUT2D eigenvalue weighted by atomic mass is 10.1. The van der Waals surface area contributed by atoms with Gasteiger partial charge in [0.15, 0.2) is 0 Å². The second-order valence-corrected chi connectivity index (χ2v) is 5.92. The number of hydrogen-bond donors (Lipinski definition) is 0. The molecule has 118 valence electrons. The van der Waals surface area contributed by atoms with Crippen molar-refractivity contribution in [1.29, 1.82) is 0 Å². The molecule has 0 aliphatic heterocycles. The predicted octanol–water partition coefficient (Wildman–Crippen LogP) is 4.87. The van der Waals surface area contributed by atoms with Crippen molar-refractivity contribution < 1.29 is 14.3 Å². The van der Waals surface area contributed by atoms with Crippen LogP contribution in [0.4, 0.5) is 0 Å². The molecule has 0 atom stereocenters. The first kappa shape index (κ1) is 18.2. The van der Waals surface area contributed by atoms with Crippen LogP contribution in [-0.4, -0.2) is 19.2 Å². The van der Waals surface area contributed by atoms with Crippen molar-refractivity contribution >= 4 is 21.9 Å². The number of ether oxygens (including phenoxy) is 2. The van der Waals surface area contributed by atoms with Gasteiger partial charge in [0.2, 0.25) is 0 Å². The number of carbonyl (C=O) groups excluding carboxylic acids is 1. The Morgan fingerprint density at radius 3 is 2.43 bits per heavy atom. The van der Waals surface area contributed by atoms with Crippen molar-refractivity contribution in [3.63, 3.8) is 0 Å². The molecule has 0 saturated heterocycles. The van der Waals surface area contributed by atoms with Crippen molar-refractivity contribution in [2.45, 2.75) is 52.1 Å². The fourth-order valence-electron chi connectivity index (χ4n) is 2.01. The highest BCUT2D eigenvalue weighted by atomic mass is 79.9. The molecule has 0 heterocycles. The molecule has 0 fully saturated rings. The van der Waals surface area contributed by atoms with E-state index in [4.69, 9.17) is 9.47 Å². The maximum Gasteiger partial charge on any atom is 0.305 e. The summed E-state index contributed by atoms with van der Waals surface area (Å²) in [5.41, 5.74) is 1.20. The molecule has 0 amide bonds. The molecule has 21 heavy (non-hydrogen) atoms. The molecular formula is C17H25BrO3. The van der Waals surface area contributed by atoms with Gasteiger partial charge in [0.05, 0.1) is 13.2 Å². The van der Waals surface area contributed by atoms with E-state index in [9.17, 15) is 4.79 Å². The Balaban J connectivity index is 1.88. The van der Waals surface area contributed by atoms with E-state index in [1.54, 1.807) is 0 Å². The van der Waals surface area contributed by atoms with Crippen LogP contribution in [0, 0.1) is 0 Å². The maximum absolute atomic E-state index is 11.1. The molecule has 0 unspecified atom stereocenters. The van der Waals surface area contributed by atoms with Crippen LogP contribution in [0.2, 0.25) is 0 Å². The average Bonchev–Trinajstić information content (AvgIpc) is 2.47. The van der Waals surface area contributed by atoms with Crippen molar-refractivity contribution in [2.75, 3.05) is 13.2 Å². The number of rotatable bonds is 11. The zero-order valence-electron chi connectivity index (χ0n) is 12.8. The minimum atomic E-state index is -0.0738. The van der Waals surface area contributed by atoms with E-state index in [2.05, 4.69) is 28.1 Å². The van der Waals surface area contributed by atoms with Crippen LogP contribution >= 0.6 is 15.9 Å². The molecule has 0 bridgehead atoms. The molecule has 0 saturated carbocycles. The van der Waals surface area contributed by atoms with E-state index < -0.39 is 0 Å². The van der Waals surface area contributed by atoms with Crippen molar-refractivity contribution in [1.82, 2.24) is 0 Å². The summed E-state index contributed by atoms with van der Waals surface area (Å²) in [6.07, 6.45) is 5.96. The SMILES string of the molecule is CCOC(=O)CCCCCCCOCc1ccc(Br)cc1. The van der Waals surface area contributed by atoms with E-state index >= 15 is 0 Å². The fourth-order valence-corrected chi connectivity index (χ4v) is 2.27. The Morgan fingerprint density at radius 1 is 1.05 bits per heavy atom. The first-order chi connectivity index (χ1) is 10.2. The van der Waals surface area contributed by atoms with Gasteiger partial charge in [0, 0.05) is 17.5 Å². The number of carbonyl (C=O) groups is 1. The van der Waals surface area contributed by atoms with Crippen molar-refractivity contribution in [2.24, 2.45) is 0 Å². The van der Waals surface area contributed by atoms with E-state index in [1.807, 2.05) is 19.1 Å². The Morgan fingerprint density at radius 2 is 1.71 bits per heavy atom. The molecule has 0 radical (unpaired) electrons. The fraction of sp³-hybridized carbons (Fsp3) is 0.588. The first-order valence-corrected chi connectivity index (χ1v) is 8.49. The summed E-state index contributed by atoms with van der Waals surface area (Å²) >= 11 is 3.42. The van der Waals surface area contributed by atoms with Crippen LogP contribution in [0.5, 0.6) is 0 Å². The van der Waals surface area contributed by atoms with Gasteiger partial charge >= 0.3 is 5.97 Å². The third-order valence-electron chi connectivity index (χ3n) is 3.16. The Labute approximate surface area is 136 Å². The summed E-state index contributed by atoms with van der Waals surface area (Å²) in [4.78, 5) is 11.1. The highest BCUT2D eigenvalue weighted by molar-refractivity contribution is 9.10. The number of hydrogen-bond acceptors (Lipinski definition) is 3. The molecule has 4 heteroatoms. The number of halogens is 1. The van der Waals surface area contributed by atoms with E-state index in [0.29, 0.717) is 19.6 Å². The molecule has 0 aliphatic rings. The normalized spacial score (nSPS) is 10.6. The van der Waals surface area contributed by atoms with Crippen molar-refractivity contribution in [3.05, 3.63) is 34.3 Å². The smallest absolute Gasteiger partial charge is 0.305 e. The molecule has 0 spiro atoms. The standard InChI is InChI=1S/C17H25BrO3/c1-2-21-17(19)8-6-4-3-5-7-13-20-14-15-9-11-16(18)12-10-15/h9-12H,2-8,13-14H2,1H3. The van der Waals surface area contributed by atoms with Gasteiger partial charge in [-0.1, -0.05) is 47.3 Å². The summed E-state index contributed by atoms with van der Waals surface area (Å²) in [6, 6.07) is 8.20. The topological polar surface area (TPSA) is 35.5 Å². The Kier molecular flexibility index (Phi) is 10.2. The third kappa shape index (κ3) is 9.64. The summed E-state index contributed by atoms with van der Waals surface area (Å²) in [5, 5.41) is 0. The highest BCUT2D eigenvalue weighted by Gasteiger charge is 2.00. The summed E-state index contributed by atoms with van der Waals surface area (Å²) in [7, 11) is 0. The van der Waals surface area contributed by atoms with Gasteiger partial charge in [0.1, 0.15) is 0 Å². The maximum atomic E-state index is 11.1. The quantitative estimate of drug-likeness (QED) is 0.419. The number of esters is 1. The lowest BCUT2D eigenvalue weighted by molar-refractivity contribution is -0.143. The van der Waals surface area contributed by atoms with Crippen LogP contribution in [0.15, 0.2) is 28.7 Å². The molecule has 3 nitrogen and oxygen atoms in total. The van der Waals surface area contributed by atoms with Crippen LogP contribution in [0.1, 0.15) is 51.0 Å². The van der Waals surface area contributed by atoms with Gasteiger partial charge < -0.3 is 9.47 Å². The third-order valence-corrected chi connectivity index (χ3v) is 3.69.